The second-order valence-electron chi connectivity index (χ2n) is 6.07. The fourth-order valence-corrected chi connectivity index (χ4v) is 2.88. The molecule has 0 aliphatic rings. The molecule has 1 aromatic heterocycles. The van der Waals surface area contributed by atoms with E-state index in [-0.39, 0.29) is 6.04 Å². The molecular formula is C21H23N3. The van der Waals surface area contributed by atoms with Gasteiger partial charge in [0.15, 0.2) is 0 Å². The summed E-state index contributed by atoms with van der Waals surface area (Å²) in [5.74, 6) is 0.959. The Morgan fingerprint density at radius 1 is 0.917 bits per heavy atom. The normalized spacial score (nSPS) is 12.0. The Kier molecular flexibility index (Phi) is 4.92. The number of benzene rings is 2. The average Bonchev–Trinajstić information content (AvgIpc) is 2.62. The van der Waals surface area contributed by atoms with Crippen LogP contribution in [0.3, 0.4) is 0 Å². The highest BCUT2D eigenvalue weighted by Gasteiger charge is 2.13. The van der Waals surface area contributed by atoms with Crippen molar-refractivity contribution in [3.8, 4) is 0 Å². The minimum atomic E-state index is -0.146. The van der Waals surface area contributed by atoms with Gasteiger partial charge in [0.2, 0.25) is 0 Å². The average molecular weight is 317 g/mol. The summed E-state index contributed by atoms with van der Waals surface area (Å²) in [7, 11) is 2.06. The molecule has 0 fully saturated rings. The largest absolute Gasteiger partial charge is 0.355 e. The van der Waals surface area contributed by atoms with E-state index in [2.05, 4.69) is 54.4 Å². The van der Waals surface area contributed by atoms with Crippen molar-refractivity contribution in [3.63, 3.8) is 0 Å². The molecule has 3 rings (SSSR count). The van der Waals surface area contributed by atoms with Crippen LogP contribution < -0.4 is 10.6 Å². The molecular weight excluding hydrogens is 294 g/mol. The number of nitrogens with two attached hydrogens (primary N) is 1. The number of rotatable bonds is 5. The SMILES string of the molecule is Cc1nc(N(C)Cc2ccccc2)ccc1C(N)c1ccccc1. The zero-order chi connectivity index (χ0) is 16.9. The summed E-state index contributed by atoms with van der Waals surface area (Å²) < 4.78 is 0. The quantitative estimate of drug-likeness (QED) is 0.771. The van der Waals surface area contributed by atoms with E-state index >= 15 is 0 Å². The van der Waals surface area contributed by atoms with E-state index in [4.69, 9.17) is 10.7 Å². The molecule has 1 heterocycles. The Bertz CT molecular complexity index is 785. The maximum absolute atomic E-state index is 6.41. The van der Waals surface area contributed by atoms with Gasteiger partial charge in [-0.1, -0.05) is 66.7 Å². The lowest BCUT2D eigenvalue weighted by molar-refractivity contribution is 0.835. The topological polar surface area (TPSA) is 42.2 Å². The van der Waals surface area contributed by atoms with E-state index in [9.17, 15) is 0 Å². The summed E-state index contributed by atoms with van der Waals surface area (Å²) >= 11 is 0. The Morgan fingerprint density at radius 2 is 1.54 bits per heavy atom. The molecule has 24 heavy (non-hydrogen) atoms. The van der Waals surface area contributed by atoms with Gasteiger partial charge in [-0.15, -0.1) is 0 Å². The Balaban J connectivity index is 1.79. The molecule has 122 valence electrons. The van der Waals surface area contributed by atoms with Crippen molar-refractivity contribution >= 4 is 5.82 Å². The van der Waals surface area contributed by atoms with E-state index < -0.39 is 0 Å². The summed E-state index contributed by atoms with van der Waals surface area (Å²) in [5.41, 5.74) is 10.8. The van der Waals surface area contributed by atoms with Crippen molar-refractivity contribution in [2.75, 3.05) is 11.9 Å². The standard InChI is InChI=1S/C21H23N3/c1-16-19(21(22)18-11-7-4-8-12-18)13-14-20(23-16)24(2)15-17-9-5-3-6-10-17/h3-14,21H,15,22H2,1-2H3. The van der Waals surface area contributed by atoms with Crippen LogP contribution in [0, 0.1) is 6.92 Å². The molecule has 0 radical (unpaired) electrons. The van der Waals surface area contributed by atoms with E-state index in [0.29, 0.717) is 0 Å². The van der Waals surface area contributed by atoms with Gasteiger partial charge in [-0.05, 0) is 29.7 Å². The molecule has 0 saturated carbocycles. The van der Waals surface area contributed by atoms with Crippen LogP contribution in [0.1, 0.15) is 28.4 Å². The van der Waals surface area contributed by atoms with E-state index in [1.807, 2.05) is 37.3 Å². The van der Waals surface area contributed by atoms with Crippen molar-refractivity contribution in [3.05, 3.63) is 95.2 Å². The highest BCUT2D eigenvalue weighted by atomic mass is 15.2. The predicted octanol–water partition coefficient (Wildman–Crippen LogP) is 4.07. The number of aryl methyl sites for hydroxylation is 1. The zero-order valence-electron chi connectivity index (χ0n) is 14.2. The number of pyridine rings is 1. The molecule has 0 aliphatic heterocycles. The van der Waals surface area contributed by atoms with E-state index in [1.165, 1.54) is 5.56 Å². The minimum Gasteiger partial charge on any atom is -0.355 e. The Morgan fingerprint density at radius 3 is 2.17 bits per heavy atom. The van der Waals surface area contributed by atoms with E-state index in [0.717, 1.165) is 29.2 Å². The van der Waals surface area contributed by atoms with Gasteiger partial charge in [-0.2, -0.15) is 0 Å². The van der Waals surface area contributed by atoms with Crippen LogP contribution in [-0.2, 0) is 6.54 Å². The zero-order valence-corrected chi connectivity index (χ0v) is 14.2. The first-order valence-corrected chi connectivity index (χ1v) is 8.18. The minimum absolute atomic E-state index is 0.146. The van der Waals surface area contributed by atoms with Gasteiger partial charge in [0, 0.05) is 19.3 Å². The smallest absolute Gasteiger partial charge is 0.128 e. The molecule has 1 unspecified atom stereocenters. The number of nitrogens with zero attached hydrogens (tertiary/aromatic N) is 2. The fraction of sp³-hybridized carbons (Fsp3) is 0.190. The second kappa shape index (κ2) is 7.28. The number of aromatic nitrogens is 1. The van der Waals surface area contributed by atoms with Crippen LogP contribution in [0.25, 0.3) is 0 Å². The van der Waals surface area contributed by atoms with Crippen LogP contribution >= 0.6 is 0 Å². The fourth-order valence-electron chi connectivity index (χ4n) is 2.88. The Labute approximate surface area is 143 Å². The maximum atomic E-state index is 6.41. The molecule has 3 nitrogen and oxygen atoms in total. The van der Waals surface area contributed by atoms with Gasteiger partial charge in [-0.25, -0.2) is 4.98 Å². The number of hydrogen-bond donors (Lipinski definition) is 1. The maximum Gasteiger partial charge on any atom is 0.128 e. The highest BCUT2D eigenvalue weighted by Crippen LogP contribution is 2.24. The van der Waals surface area contributed by atoms with Crippen LogP contribution in [0.2, 0.25) is 0 Å². The summed E-state index contributed by atoms with van der Waals surface area (Å²) in [4.78, 5) is 6.91. The molecule has 0 spiro atoms. The Hall–Kier alpha value is -2.65. The van der Waals surface area contributed by atoms with Gasteiger partial charge in [0.25, 0.3) is 0 Å². The second-order valence-corrected chi connectivity index (χ2v) is 6.07. The summed E-state index contributed by atoms with van der Waals surface area (Å²) in [6, 6.07) is 24.5. The first kappa shape index (κ1) is 16.2. The number of anilines is 1. The van der Waals surface area contributed by atoms with Gasteiger partial charge >= 0.3 is 0 Å². The molecule has 0 bridgehead atoms. The van der Waals surface area contributed by atoms with Crippen LogP contribution in [0.15, 0.2) is 72.8 Å². The van der Waals surface area contributed by atoms with Crippen LogP contribution in [0.4, 0.5) is 5.82 Å². The first-order chi connectivity index (χ1) is 11.6. The van der Waals surface area contributed by atoms with Gasteiger partial charge in [0.1, 0.15) is 5.82 Å². The monoisotopic (exact) mass is 317 g/mol. The molecule has 0 saturated heterocycles. The van der Waals surface area contributed by atoms with Gasteiger partial charge in [-0.3, -0.25) is 0 Å². The van der Waals surface area contributed by atoms with Gasteiger partial charge < -0.3 is 10.6 Å². The lowest BCUT2D eigenvalue weighted by atomic mass is 9.98. The van der Waals surface area contributed by atoms with E-state index in [1.54, 1.807) is 0 Å². The third kappa shape index (κ3) is 3.63. The third-order valence-corrected chi connectivity index (χ3v) is 4.26. The van der Waals surface area contributed by atoms with Crippen LogP contribution in [-0.4, -0.2) is 12.0 Å². The molecule has 2 aromatic carbocycles. The number of hydrogen-bond acceptors (Lipinski definition) is 3. The molecule has 3 aromatic rings. The van der Waals surface area contributed by atoms with Crippen molar-refractivity contribution < 1.29 is 0 Å². The van der Waals surface area contributed by atoms with Gasteiger partial charge in [0.05, 0.1) is 6.04 Å². The van der Waals surface area contributed by atoms with Crippen molar-refractivity contribution in [2.24, 2.45) is 5.73 Å². The van der Waals surface area contributed by atoms with Crippen molar-refractivity contribution in [1.82, 2.24) is 4.98 Å². The third-order valence-electron chi connectivity index (χ3n) is 4.26. The summed E-state index contributed by atoms with van der Waals surface area (Å²) in [6.45, 7) is 2.86. The van der Waals surface area contributed by atoms with Crippen molar-refractivity contribution in [2.45, 2.75) is 19.5 Å². The molecule has 0 aliphatic carbocycles. The lowest BCUT2D eigenvalue weighted by Gasteiger charge is -2.21. The molecule has 3 heteroatoms. The molecule has 0 amide bonds. The highest BCUT2D eigenvalue weighted by molar-refractivity contribution is 5.44. The molecule has 2 N–H and O–H groups in total. The summed E-state index contributed by atoms with van der Waals surface area (Å²) in [5, 5.41) is 0. The lowest BCUT2D eigenvalue weighted by Crippen LogP contribution is -2.19. The molecule has 1 atom stereocenters. The van der Waals surface area contributed by atoms with Crippen LogP contribution in [0.5, 0.6) is 0 Å². The first-order valence-electron chi connectivity index (χ1n) is 8.18. The summed E-state index contributed by atoms with van der Waals surface area (Å²) in [6.07, 6.45) is 0. The predicted molar refractivity (Wildman–Crippen MR) is 100.0 cm³/mol. The van der Waals surface area contributed by atoms with Crippen molar-refractivity contribution in [1.29, 1.82) is 0 Å².